The number of nitrogens with zero attached hydrogens (tertiary/aromatic N) is 4. The molecule has 8 nitrogen and oxygen atoms in total. The highest BCUT2D eigenvalue weighted by Crippen LogP contribution is 2.19. The maximum Gasteiger partial charge on any atom is 0.252 e. The first-order valence-corrected chi connectivity index (χ1v) is 7.55. The van der Waals surface area contributed by atoms with Gasteiger partial charge in [0.25, 0.3) is 11.8 Å². The Hall–Kier alpha value is -3.29. The summed E-state index contributed by atoms with van der Waals surface area (Å²) >= 11 is 0. The van der Waals surface area contributed by atoms with Crippen LogP contribution in [-0.2, 0) is 4.79 Å². The van der Waals surface area contributed by atoms with Gasteiger partial charge in [-0.15, -0.1) is 0 Å². The van der Waals surface area contributed by atoms with Gasteiger partial charge in [0.05, 0.1) is 17.2 Å². The van der Waals surface area contributed by atoms with Crippen LogP contribution < -0.4 is 10.2 Å². The lowest BCUT2D eigenvalue weighted by molar-refractivity contribution is -0.118. The fourth-order valence-electron chi connectivity index (χ4n) is 2.80. The zero-order chi connectivity index (χ0) is 16.5. The minimum atomic E-state index is -0.543. The molecule has 3 aromatic rings. The van der Waals surface area contributed by atoms with Gasteiger partial charge in [-0.3, -0.25) is 29.6 Å². The van der Waals surface area contributed by atoms with Crippen LogP contribution in [0.25, 0.3) is 11.0 Å². The molecule has 0 aliphatic carbocycles. The summed E-state index contributed by atoms with van der Waals surface area (Å²) in [6.45, 7) is 0.537. The van der Waals surface area contributed by atoms with Crippen molar-refractivity contribution < 1.29 is 9.59 Å². The summed E-state index contributed by atoms with van der Waals surface area (Å²) in [6, 6.07) is 6.27. The molecule has 1 aliphatic rings. The van der Waals surface area contributed by atoms with Gasteiger partial charge in [0, 0.05) is 30.6 Å². The Morgan fingerprint density at radius 2 is 2.00 bits per heavy atom. The van der Waals surface area contributed by atoms with Crippen molar-refractivity contribution in [2.45, 2.75) is 12.5 Å². The molecular weight excluding hydrogens is 308 g/mol. The molecule has 4 rings (SSSR count). The van der Waals surface area contributed by atoms with E-state index in [0.29, 0.717) is 29.9 Å². The van der Waals surface area contributed by atoms with Crippen molar-refractivity contribution in [3.63, 3.8) is 0 Å². The van der Waals surface area contributed by atoms with Crippen LogP contribution in [0.15, 0.2) is 42.9 Å². The molecule has 1 aromatic carbocycles. The van der Waals surface area contributed by atoms with Gasteiger partial charge in [-0.1, -0.05) is 0 Å². The summed E-state index contributed by atoms with van der Waals surface area (Å²) in [5.74, 6) is 0.193. The number of fused-ring (bicyclic) bond motifs is 1. The van der Waals surface area contributed by atoms with E-state index in [2.05, 4.69) is 25.5 Å². The standard InChI is InChI=1S/C16H14N6O2/c23-15(10-1-2-11-13(9-10)18-7-6-17-11)20-12-4-8-22(16(12)24)14-3-5-19-21-14/h1-3,5-7,9,12H,4,8H2,(H,19,21)(H,20,23). The summed E-state index contributed by atoms with van der Waals surface area (Å²) in [5.41, 5.74) is 1.81. The van der Waals surface area contributed by atoms with Crippen molar-refractivity contribution in [2.75, 3.05) is 11.4 Å². The Morgan fingerprint density at radius 3 is 2.79 bits per heavy atom. The van der Waals surface area contributed by atoms with E-state index in [1.807, 2.05) is 0 Å². The molecule has 0 saturated carbocycles. The van der Waals surface area contributed by atoms with Gasteiger partial charge in [-0.2, -0.15) is 5.10 Å². The zero-order valence-corrected chi connectivity index (χ0v) is 12.6. The van der Waals surface area contributed by atoms with Crippen molar-refractivity contribution in [3.8, 4) is 0 Å². The van der Waals surface area contributed by atoms with Crippen molar-refractivity contribution >= 4 is 28.7 Å². The molecule has 1 unspecified atom stereocenters. The SMILES string of the molecule is O=C(NC1CCN(c2ccn[nH]2)C1=O)c1ccc2nccnc2c1. The molecular formula is C16H14N6O2. The van der Waals surface area contributed by atoms with Crippen molar-refractivity contribution in [2.24, 2.45) is 0 Å². The van der Waals surface area contributed by atoms with Crippen molar-refractivity contribution in [1.82, 2.24) is 25.5 Å². The fourth-order valence-corrected chi connectivity index (χ4v) is 2.80. The number of aromatic nitrogens is 4. The van der Waals surface area contributed by atoms with Crippen LogP contribution in [-0.4, -0.2) is 44.6 Å². The second-order valence-corrected chi connectivity index (χ2v) is 5.51. The first-order chi connectivity index (χ1) is 11.7. The van der Waals surface area contributed by atoms with Gasteiger partial charge in [-0.25, -0.2) is 0 Å². The highest BCUT2D eigenvalue weighted by molar-refractivity contribution is 6.04. The zero-order valence-electron chi connectivity index (χ0n) is 12.6. The monoisotopic (exact) mass is 322 g/mol. The van der Waals surface area contributed by atoms with E-state index in [1.54, 1.807) is 47.8 Å². The van der Waals surface area contributed by atoms with E-state index in [-0.39, 0.29) is 11.8 Å². The second kappa shape index (κ2) is 5.73. The summed E-state index contributed by atoms with van der Waals surface area (Å²) in [6.07, 6.45) is 5.32. The number of H-pyrrole nitrogens is 1. The molecule has 2 amide bonds. The Labute approximate surface area is 136 Å². The molecule has 3 heterocycles. The maximum atomic E-state index is 12.4. The Kier molecular flexibility index (Phi) is 3.42. The second-order valence-electron chi connectivity index (χ2n) is 5.51. The van der Waals surface area contributed by atoms with Gasteiger partial charge in [0.1, 0.15) is 11.9 Å². The quantitative estimate of drug-likeness (QED) is 0.745. The molecule has 0 bridgehead atoms. The highest BCUT2D eigenvalue weighted by Gasteiger charge is 2.34. The third kappa shape index (κ3) is 2.47. The average molecular weight is 322 g/mol. The molecule has 24 heavy (non-hydrogen) atoms. The van der Waals surface area contributed by atoms with Crippen LogP contribution in [0, 0.1) is 0 Å². The van der Waals surface area contributed by atoms with Gasteiger partial charge in [0.15, 0.2) is 0 Å². The van der Waals surface area contributed by atoms with Gasteiger partial charge in [-0.05, 0) is 24.6 Å². The molecule has 0 radical (unpaired) electrons. The van der Waals surface area contributed by atoms with Gasteiger partial charge < -0.3 is 5.32 Å². The summed E-state index contributed by atoms with van der Waals surface area (Å²) in [7, 11) is 0. The molecule has 1 fully saturated rings. The van der Waals surface area contributed by atoms with Crippen LogP contribution in [0.5, 0.6) is 0 Å². The summed E-state index contributed by atoms with van der Waals surface area (Å²) in [5, 5.41) is 9.40. The number of amides is 2. The van der Waals surface area contributed by atoms with E-state index in [9.17, 15) is 9.59 Å². The van der Waals surface area contributed by atoms with E-state index in [0.717, 1.165) is 5.52 Å². The average Bonchev–Trinajstić information content (AvgIpc) is 3.25. The normalized spacial score (nSPS) is 17.4. The van der Waals surface area contributed by atoms with Crippen LogP contribution in [0.1, 0.15) is 16.8 Å². The maximum absolute atomic E-state index is 12.4. The Balaban J connectivity index is 1.50. The van der Waals surface area contributed by atoms with Crippen LogP contribution in [0.2, 0.25) is 0 Å². The minimum Gasteiger partial charge on any atom is -0.340 e. The number of rotatable bonds is 3. The van der Waals surface area contributed by atoms with Crippen molar-refractivity contribution in [3.05, 3.63) is 48.4 Å². The van der Waals surface area contributed by atoms with E-state index in [4.69, 9.17) is 0 Å². The number of carbonyl (C=O) groups excluding carboxylic acids is 2. The first-order valence-electron chi connectivity index (χ1n) is 7.55. The minimum absolute atomic E-state index is 0.145. The predicted molar refractivity (Wildman–Crippen MR) is 86.3 cm³/mol. The largest absolute Gasteiger partial charge is 0.340 e. The molecule has 1 aliphatic heterocycles. The lowest BCUT2D eigenvalue weighted by Gasteiger charge is -2.15. The first kappa shape index (κ1) is 14.3. The third-order valence-electron chi connectivity index (χ3n) is 4.02. The smallest absolute Gasteiger partial charge is 0.252 e. The van der Waals surface area contributed by atoms with Crippen LogP contribution >= 0.6 is 0 Å². The van der Waals surface area contributed by atoms with E-state index in [1.165, 1.54) is 0 Å². The van der Waals surface area contributed by atoms with E-state index < -0.39 is 6.04 Å². The number of aromatic amines is 1. The number of benzene rings is 1. The molecule has 0 spiro atoms. The van der Waals surface area contributed by atoms with Crippen molar-refractivity contribution in [1.29, 1.82) is 0 Å². The summed E-state index contributed by atoms with van der Waals surface area (Å²) < 4.78 is 0. The molecule has 2 N–H and O–H groups in total. The number of carbonyl (C=O) groups is 2. The Morgan fingerprint density at radius 1 is 1.17 bits per heavy atom. The molecule has 2 aromatic heterocycles. The third-order valence-corrected chi connectivity index (χ3v) is 4.02. The fraction of sp³-hybridized carbons (Fsp3) is 0.188. The lowest BCUT2D eigenvalue weighted by Crippen LogP contribution is -2.41. The van der Waals surface area contributed by atoms with E-state index >= 15 is 0 Å². The van der Waals surface area contributed by atoms with Gasteiger partial charge in [0.2, 0.25) is 0 Å². The number of nitrogens with one attached hydrogen (secondary N) is 2. The number of hydrogen-bond acceptors (Lipinski definition) is 5. The van der Waals surface area contributed by atoms with Gasteiger partial charge >= 0.3 is 0 Å². The lowest BCUT2D eigenvalue weighted by atomic mass is 10.1. The summed E-state index contributed by atoms with van der Waals surface area (Å²) in [4.78, 5) is 34.8. The number of anilines is 1. The molecule has 120 valence electrons. The van der Waals surface area contributed by atoms with Crippen LogP contribution in [0.4, 0.5) is 5.82 Å². The molecule has 8 heteroatoms. The Bertz CT molecular complexity index is 908. The predicted octanol–water partition coefficient (Wildman–Crippen LogP) is 0.888. The topological polar surface area (TPSA) is 104 Å². The highest BCUT2D eigenvalue weighted by atomic mass is 16.2. The van der Waals surface area contributed by atoms with Crippen LogP contribution in [0.3, 0.4) is 0 Å². The molecule has 1 atom stereocenters. The molecule has 1 saturated heterocycles. The number of hydrogen-bond donors (Lipinski definition) is 2.